The van der Waals surface area contributed by atoms with Gasteiger partial charge in [-0.1, -0.05) is 29.8 Å². The number of benzene rings is 2. The number of carbonyl (C=O) groups excluding carboxylic acids is 1. The Morgan fingerprint density at radius 3 is 2.55 bits per heavy atom. The molecular formula is C25H29N3O3. The van der Waals surface area contributed by atoms with Crippen LogP contribution in [0.1, 0.15) is 19.4 Å². The van der Waals surface area contributed by atoms with E-state index >= 15 is 0 Å². The lowest BCUT2D eigenvalue weighted by Crippen LogP contribution is -2.54. The normalized spacial score (nSPS) is 16.5. The Balaban J connectivity index is 1.43. The summed E-state index contributed by atoms with van der Waals surface area (Å²) in [6.45, 7) is 8.75. The largest absolute Gasteiger partial charge is 0.483 e. The fourth-order valence-electron chi connectivity index (χ4n) is 4.28. The molecule has 1 aliphatic rings. The highest BCUT2D eigenvalue weighted by Crippen LogP contribution is 2.24. The van der Waals surface area contributed by atoms with E-state index in [1.165, 1.54) is 17.3 Å². The number of ether oxygens (including phenoxy) is 1. The van der Waals surface area contributed by atoms with Crippen LogP contribution < -0.4 is 15.2 Å². The van der Waals surface area contributed by atoms with Crippen molar-refractivity contribution >= 4 is 22.5 Å². The van der Waals surface area contributed by atoms with E-state index in [9.17, 15) is 9.59 Å². The maximum atomic E-state index is 12.8. The lowest BCUT2D eigenvalue weighted by Gasteiger charge is -2.41. The van der Waals surface area contributed by atoms with Gasteiger partial charge in [0.15, 0.2) is 6.61 Å². The fraction of sp³-hybridized carbons (Fsp3) is 0.360. The third-order valence-electron chi connectivity index (χ3n) is 5.99. The van der Waals surface area contributed by atoms with Crippen LogP contribution in [0.3, 0.4) is 0 Å². The highest BCUT2D eigenvalue weighted by Gasteiger charge is 2.27. The molecule has 1 saturated heterocycles. The third-order valence-corrected chi connectivity index (χ3v) is 5.99. The zero-order chi connectivity index (χ0) is 22.0. The second kappa shape index (κ2) is 8.84. The minimum absolute atomic E-state index is 0.0563. The number of aryl methyl sites for hydroxylation is 2. The third kappa shape index (κ3) is 4.29. The molecule has 1 fully saturated rings. The minimum atomic E-state index is -0.121. The van der Waals surface area contributed by atoms with Crippen molar-refractivity contribution in [3.8, 4) is 5.75 Å². The van der Waals surface area contributed by atoms with Gasteiger partial charge in [0.2, 0.25) is 0 Å². The molecular weight excluding hydrogens is 390 g/mol. The molecule has 2 heterocycles. The van der Waals surface area contributed by atoms with Gasteiger partial charge in [-0.15, -0.1) is 0 Å². The first-order chi connectivity index (χ1) is 15.0. The maximum absolute atomic E-state index is 12.8. The first-order valence-electron chi connectivity index (χ1n) is 10.8. The first kappa shape index (κ1) is 21.0. The van der Waals surface area contributed by atoms with Crippen LogP contribution in [-0.4, -0.2) is 47.7 Å². The molecule has 4 rings (SSSR count). The molecule has 31 heavy (non-hydrogen) atoms. The Morgan fingerprint density at radius 2 is 1.84 bits per heavy atom. The lowest BCUT2D eigenvalue weighted by atomic mass is 10.1. The van der Waals surface area contributed by atoms with Crippen LogP contribution >= 0.6 is 0 Å². The zero-order valence-corrected chi connectivity index (χ0v) is 18.4. The van der Waals surface area contributed by atoms with Gasteiger partial charge in [-0.05, 0) is 45.0 Å². The molecule has 6 nitrogen and oxygen atoms in total. The van der Waals surface area contributed by atoms with Crippen molar-refractivity contribution in [1.29, 1.82) is 0 Å². The molecule has 0 bridgehead atoms. The fourth-order valence-corrected chi connectivity index (χ4v) is 4.28. The molecule has 0 aliphatic carbocycles. The zero-order valence-electron chi connectivity index (χ0n) is 18.4. The van der Waals surface area contributed by atoms with E-state index < -0.39 is 0 Å². The average Bonchev–Trinajstić information content (AvgIpc) is 2.78. The number of rotatable bonds is 5. The van der Waals surface area contributed by atoms with Crippen molar-refractivity contribution in [2.24, 2.45) is 0 Å². The van der Waals surface area contributed by atoms with Gasteiger partial charge in [-0.2, -0.15) is 0 Å². The lowest BCUT2D eigenvalue weighted by molar-refractivity contribution is -0.134. The van der Waals surface area contributed by atoms with E-state index in [1.807, 2.05) is 36.1 Å². The molecule has 2 aromatic carbocycles. The van der Waals surface area contributed by atoms with Gasteiger partial charge in [-0.25, -0.2) is 0 Å². The Kier molecular flexibility index (Phi) is 5.98. The smallest absolute Gasteiger partial charge is 0.260 e. The van der Waals surface area contributed by atoms with E-state index in [2.05, 4.69) is 43.0 Å². The summed E-state index contributed by atoms with van der Waals surface area (Å²) in [7, 11) is 0. The summed E-state index contributed by atoms with van der Waals surface area (Å²) in [5.74, 6) is 0.407. The maximum Gasteiger partial charge on any atom is 0.260 e. The molecule has 3 aromatic rings. The van der Waals surface area contributed by atoms with Crippen LogP contribution in [0.25, 0.3) is 10.9 Å². The van der Waals surface area contributed by atoms with Crippen molar-refractivity contribution in [1.82, 2.24) is 9.47 Å². The van der Waals surface area contributed by atoms with Crippen LogP contribution in [0.15, 0.2) is 59.4 Å². The predicted molar refractivity (Wildman–Crippen MR) is 124 cm³/mol. The van der Waals surface area contributed by atoms with Crippen LogP contribution in [0.2, 0.25) is 0 Å². The van der Waals surface area contributed by atoms with Crippen LogP contribution in [0.5, 0.6) is 5.75 Å². The Labute approximate surface area is 182 Å². The molecule has 1 aromatic heterocycles. The number of pyridine rings is 1. The van der Waals surface area contributed by atoms with E-state index in [1.54, 1.807) is 4.57 Å². The Hall–Kier alpha value is -3.28. The summed E-state index contributed by atoms with van der Waals surface area (Å²) >= 11 is 0. The summed E-state index contributed by atoms with van der Waals surface area (Å²) < 4.78 is 7.56. The van der Waals surface area contributed by atoms with Gasteiger partial charge in [-0.3, -0.25) is 9.59 Å². The number of para-hydroxylation sites is 1. The summed E-state index contributed by atoms with van der Waals surface area (Å²) in [6, 6.07) is 17.8. The van der Waals surface area contributed by atoms with E-state index in [4.69, 9.17) is 4.74 Å². The van der Waals surface area contributed by atoms with Crippen LogP contribution in [0.4, 0.5) is 5.69 Å². The van der Waals surface area contributed by atoms with Gasteiger partial charge in [0.25, 0.3) is 11.5 Å². The molecule has 0 unspecified atom stereocenters. The number of fused-ring (bicyclic) bond motifs is 1. The van der Waals surface area contributed by atoms with Crippen molar-refractivity contribution in [2.45, 2.75) is 33.4 Å². The molecule has 1 aliphatic heterocycles. The van der Waals surface area contributed by atoms with Crippen LogP contribution in [-0.2, 0) is 11.3 Å². The molecule has 0 radical (unpaired) electrons. The van der Waals surface area contributed by atoms with E-state index in [-0.39, 0.29) is 24.1 Å². The van der Waals surface area contributed by atoms with Crippen LogP contribution in [0, 0.1) is 6.92 Å². The molecule has 0 spiro atoms. The summed E-state index contributed by atoms with van der Waals surface area (Å²) in [6.07, 6.45) is 0. The number of hydrogen-bond acceptors (Lipinski definition) is 4. The van der Waals surface area contributed by atoms with Crippen molar-refractivity contribution in [3.63, 3.8) is 0 Å². The van der Waals surface area contributed by atoms with Crippen molar-refractivity contribution < 1.29 is 9.53 Å². The number of amides is 1. The molecule has 0 N–H and O–H groups in total. The molecule has 6 heteroatoms. The number of aromatic nitrogens is 1. The second-order valence-corrected chi connectivity index (χ2v) is 8.11. The topological polar surface area (TPSA) is 54.8 Å². The van der Waals surface area contributed by atoms with E-state index in [0.29, 0.717) is 25.4 Å². The summed E-state index contributed by atoms with van der Waals surface area (Å²) in [5, 5.41) is 0.842. The predicted octanol–water partition coefficient (Wildman–Crippen LogP) is 3.45. The second-order valence-electron chi connectivity index (χ2n) is 8.11. The number of nitrogens with zero attached hydrogens (tertiary/aromatic N) is 3. The number of hydrogen-bond donors (Lipinski definition) is 0. The SMILES string of the molecule is CCn1c(=O)cc(OCC(=O)N2CCN(c3ccc(C)cc3)[C@H](C)C2)c2ccccc21. The number of carbonyl (C=O) groups is 1. The van der Waals surface area contributed by atoms with Gasteiger partial charge in [0, 0.05) is 49.4 Å². The monoisotopic (exact) mass is 419 g/mol. The molecule has 1 amide bonds. The highest BCUT2D eigenvalue weighted by atomic mass is 16.5. The molecule has 0 saturated carbocycles. The molecule has 162 valence electrons. The van der Waals surface area contributed by atoms with Gasteiger partial charge >= 0.3 is 0 Å². The summed E-state index contributed by atoms with van der Waals surface area (Å²) in [5.41, 5.74) is 3.12. The standard InChI is InChI=1S/C25H29N3O3/c1-4-27-22-8-6-5-7-21(22)23(15-24(27)29)31-17-25(30)26-13-14-28(19(3)16-26)20-11-9-18(2)10-12-20/h5-12,15,19H,4,13-14,16-17H2,1-3H3/t19-/m1/s1. The highest BCUT2D eigenvalue weighted by molar-refractivity contribution is 5.86. The molecule has 1 atom stereocenters. The van der Waals surface area contributed by atoms with Gasteiger partial charge < -0.3 is 19.1 Å². The Morgan fingerprint density at radius 1 is 1.10 bits per heavy atom. The first-order valence-corrected chi connectivity index (χ1v) is 10.8. The number of piperazine rings is 1. The van der Waals surface area contributed by atoms with Crippen molar-refractivity contribution in [3.05, 3.63) is 70.5 Å². The summed E-state index contributed by atoms with van der Waals surface area (Å²) in [4.78, 5) is 29.5. The Bertz CT molecular complexity index is 1140. The van der Waals surface area contributed by atoms with Gasteiger partial charge in [0.1, 0.15) is 5.75 Å². The van der Waals surface area contributed by atoms with Crippen molar-refractivity contribution in [2.75, 3.05) is 31.1 Å². The minimum Gasteiger partial charge on any atom is -0.483 e. The average molecular weight is 420 g/mol. The van der Waals surface area contributed by atoms with Gasteiger partial charge in [0.05, 0.1) is 5.52 Å². The van der Waals surface area contributed by atoms with E-state index in [0.717, 1.165) is 17.4 Å². The number of anilines is 1. The quantitative estimate of drug-likeness (QED) is 0.636.